The predicted molar refractivity (Wildman–Crippen MR) is 112 cm³/mol. The van der Waals surface area contributed by atoms with Crippen molar-refractivity contribution >= 4 is 28.3 Å². The zero-order chi connectivity index (χ0) is 19.7. The molecule has 6 heteroatoms. The Morgan fingerprint density at radius 3 is 2.57 bits per heavy atom. The van der Waals surface area contributed by atoms with E-state index in [2.05, 4.69) is 19.2 Å². The number of nitrogens with one attached hydrogen (secondary N) is 1. The molecule has 0 saturated carbocycles. The molecular formula is C22H27N3O2S. The maximum atomic E-state index is 13.3. The predicted octanol–water partition coefficient (Wildman–Crippen LogP) is 4.32. The number of amides is 2. The molecule has 0 bridgehead atoms. The Labute approximate surface area is 170 Å². The molecule has 1 N–H and O–H groups in total. The van der Waals surface area contributed by atoms with Crippen molar-refractivity contribution in [2.24, 2.45) is 11.8 Å². The van der Waals surface area contributed by atoms with E-state index >= 15 is 0 Å². The summed E-state index contributed by atoms with van der Waals surface area (Å²) in [5.74, 6) is 0.984. The summed E-state index contributed by atoms with van der Waals surface area (Å²) < 4.78 is 0. The van der Waals surface area contributed by atoms with Crippen LogP contribution in [0.3, 0.4) is 0 Å². The van der Waals surface area contributed by atoms with Crippen LogP contribution in [0.4, 0.5) is 5.13 Å². The highest BCUT2D eigenvalue weighted by Crippen LogP contribution is 2.38. The van der Waals surface area contributed by atoms with Crippen molar-refractivity contribution in [3.05, 3.63) is 46.5 Å². The van der Waals surface area contributed by atoms with E-state index in [1.807, 2.05) is 23.1 Å². The highest BCUT2D eigenvalue weighted by molar-refractivity contribution is 7.15. The van der Waals surface area contributed by atoms with Crippen LogP contribution in [0.15, 0.2) is 30.3 Å². The smallest absolute Gasteiger partial charge is 0.257 e. The standard InChI is InChI=1S/C22H27N3O2S/c1-14-11-15(2)13-25(12-14)21(27)17-9-6-10-18-19(17)23-22(28-18)24-20(26)16-7-4-3-5-8-16/h3-5,7-8,14-15,17H,6,9-13H2,1-2H3,(H,23,24,26). The second-order valence-electron chi connectivity index (χ2n) is 8.28. The maximum absolute atomic E-state index is 13.3. The zero-order valence-corrected chi connectivity index (χ0v) is 17.3. The minimum atomic E-state index is -0.167. The van der Waals surface area contributed by atoms with Gasteiger partial charge in [0, 0.05) is 23.5 Å². The average Bonchev–Trinajstić information content (AvgIpc) is 3.09. The first kappa shape index (κ1) is 19.1. The van der Waals surface area contributed by atoms with Crippen LogP contribution in [0.25, 0.3) is 0 Å². The second-order valence-corrected chi connectivity index (χ2v) is 9.37. The van der Waals surface area contributed by atoms with Gasteiger partial charge in [0.05, 0.1) is 11.6 Å². The Morgan fingerprint density at radius 1 is 1.14 bits per heavy atom. The van der Waals surface area contributed by atoms with Gasteiger partial charge >= 0.3 is 0 Å². The lowest BCUT2D eigenvalue weighted by Crippen LogP contribution is -2.45. The first-order chi connectivity index (χ1) is 13.5. The average molecular weight is 398 g/mol. The molecule has 4 rings (SSSR count). The first-order valence-electron chi connectivity index (χ1n) is 10.2. The number of carbonyl (C=O) groups is 2. The molecule has 3 atom stereocenters. The molecular weight excluding hydrogens is 370 g/mol. The number of hydrogen-bond donors (Lipinski definition) is 1. The molecule has 1 aromatic carbocycles. The Kier molecular flexibility index (Phi) is 5.49. The Bertz CT molecular complexity index is 854. The number of rotatable bonds is 3. The number of hydrogen-bond acceptors (Lipinski definition) is 4. The van der Waals surface area contributed by atoms with Crippen LogP contribution in [-0.4, -0.2) is 34.8 Å². The minimum absolute atomic E-state index is 0.159. The normalized spacial score (nSPS) is 24.5. The molecule has 1 aliphatic heterocycles. The lowest BCUT2D eigenvalue weighted by molar-refractivity contribution is -0.136. The number of fused-ring (bicyclic) bond motifs is 1. The third kappa shape index (κ3) is 3.97. The summed E-state index contributed by atoms with van der Waals surface area (Å²) in [4.78, 5) is 33.6. The molecule has 2 aromatic rings. The Morgan fingerprint density at radius 2 is 1.86 bits per heavy atom. The monoisotopic (exact) mass is 397 g/mol. The van der Waals surface area contributed by atoms with Gasteiger partial charge in [-0.3, -0.25) is 14.9 Å². The van der Waals surface area contributed by atoms with Gasteiger partial charge in [-0.25, -0.2) is 4.98 Å². The fourth-order valence-corrected chi connectivity index (χ4v) is 5.59. The van der Waals surface area contributed by atoms with Crippen LogP contribution in [0.5, 0.6) is 0 Å². The fraction of sp³-hybridized carbons (Fsp3) is 0.500. The molecule has 0 radical (unpaired) electrons. The van der Waals surface area contributed by atoms with Gasteiger partial charge in [-0.05, 0) is 49.7 Å². The summed E-state index contributed by atoms with van der Waals surface area (Å²) in [5.41, 5.74) is 1.50. The lowest BCUT2D eigenvalue weighted by atomic mass is 9.87. The van der Waals surface area contributed by atoms with Crippen molar-refractivity contribution in [2.45, 2.75) is 45.4 Å². The zero-order valence-electron chi connectivity index (χ0n) is 16.5. The van der Waals surface area contributed by atoms with E-state index < -0.39 is 0 Å². The van der Waals surface area contributed by atoms with Crippen molar-refractivity contribution in [1.82, 2.24) is 9.88 Å². The molecule has 148 valence electrons. The summed E-state index contributed by atoms with van der Waals surface area (Å²) in [6.07, 6.45) is 3.97. The van der Waals surface area contributed by atoms with Gasteiger partial charge in [-0.15, -0.1) is 11.3 Å². The van der Waals surface area contributed by atoms with Crippen molar-refractivity contribution in [3.63, 3.8) is 0 Å². The van der Waals surface area contributed by atoms with Crippen molar-refractivity contribution in [2.75, 3.05) is 18.4 Å². The van der Waals surface area contributed by atoms with E-state index in [1.165, 1.54) is 17.8 Å². The summed E-state index contributed by atoms with van der Waals surface area (Å²) >= 11 is 1.51. The van der Waals surface area contributed by atoms with Crippen LogP contribution in [0.1, 0.15) is 60.0 Å². The van der Waals surface area contributed by atoms with E-state index in [1.54, 1.807) is 12.1 Å². The van der Waals surface area contributed by atoms with E-state index in [0.29, 0.717) is 22.5 Å². The summed E-state index contributed by atoms with van der Waals surface area (Å²) in [7, 11) is 0. The van der Waals surface area contributed by atoms with Gasteiger partial charge in [-0.1, -0.05) is 32.0 Å². The number of aryl methyl sites for hydroxylation is 1. The van der Waals surface area contributed by atoms with Gasteiger partial charge in [0.1, 0.15) is 0 Å². The molecule has 28 heavy (non-hydrogen) atoms. The molecule has 2 aliphatic rings. The van der Waals surface area contributed by atoms with Crippen molar-refractivity contribution in [1.29, 1.82) is 0 Å². The minimum Gasteiger partial charge on any atom is -0.342 e. The maximum Gasteiger partial charge on any atom is 0.257 e. The number of thiazole rings is 1. The largest absolute Gasteiger partial charge is 0.342 e. The molecule has 1 aliphatic carbocycles. The molecule has 1 fully saturated rings. The Balaban J connectivity index is 1.52. The molecule has 2 heterocycles. The van der Waals surface area contributed by atoms with Gasteiger partial charge in [0.25, 0.3) is 5.91 Å². The van der Waals surface area contributed by atoms with Crippen LogP contribution in [-0.2, 0) is 11.2 Å². The summed E-state index contributed by atoms with van der Waals surface area (Å²) in [6.45, 7) is 6.14. The number of piperidine rings is 1. The van der Waals surface area contributed by atoms with Crippen molar-refractivity contribution < 1.29 is 9.59 Å². The van der Waals surface area contributed by atoms with Crippen LogP contribution < -0.4 is 5.32 Å². The highest BCUT2D eigenvalue weighted by Gasteiger charge is 2.35. The molecule has 1 aromatic heterocycles. The van der Waals surface area contributed by atoms with E-state index in [9.17, 15) is 9.59 Å². The van der Waals surface area contributed by atoms with Gasteiger partial charge in [0.2, 0.25) is 5.91 Å². The molecule has 3 unspecified atom stereocenters. The number of carbonyl (C=O) groups excluding carboxylic acids is 2. The fourth-order valence-electron chi connectivity index (χ4n) is 4.53. The lowest BCUT2D eigenvalue weighted by Gasteiger charge is -2.37. The molecule has 5 nitrogen and oxygen atoms in total. The van der Waals surface area contributed by atoms with Crippen molar-refractivity contribution in [3.8, 4) is 0 Å². The molecule has 2 amide bonds. The van der Waals surface area contributed by atoms with E-state index in [0.717, 1.165) is 42.9 Å². The van der Waals surface area contributed by atoms with Gasteiger partial charge in [-0.2, -0.15) is 0 Å². The third-order valence-corrected chi connectivity index (χ3v) is 6.74. The number of nitrogens with zero attached hydrogens (tertiary/aromatic N) is 2. The van der Waals surface area contributed by atoms with Gasteiger partial charge < -0.3 is 4.90 Å². The van der Waals surface area contributed by atoms with E-state index in [4.69, 9.17) is 4.98 Å². The first-order valence-corrected chi connectivity index (χ1v) is 11.0. The topological polar surface area (TPSA) is 62.3 Å². The van der Waals surface area contributed by atoms with Crippen LogP contribution in [0.2, 0.25) is 0 Å². The van der Waals surface area contributed by atoms with E-state index in [-0.39, 0.29) is 17.7 Å². The number of benzene rings is 1. The molecule has 0 spiro atoms. The summed E-state index contributed by atoms with van der Waals surface area (Å²) in [5, 5.41) is 3.51. The SMILES string of the molecule is CC1CC(C)CN(C(=O)C2CCCc3sc(NC(=O)c4ccccc4)nc32)C1. The number of likely N-dealkylation sites (tertiary alicyclic amines) is 1. The highest BCUT2D eigenvalue weighted by atomic mass is 32.1. The van der Waals surface area contributed by atoms with Crippen LogP contribution in [0, 0.1) is 11.8 Å². The third-order valence-electron chi connectivity index (χ3n) is 5.69. The number of anilines is 1. The van der Waals surface area contributed by atoms with Crippen LogP contribution >= 0.6 is 11.3 Å². The molecule has 1 saturated heterocycles. The van der Waals surface area contributed by atoms with Gasteiger partial charge in [0.15, 0.2) is 5.13 Å². The second kappa shape index (κ2) is 8.03. The Hall–Kier alpha value is -2.21. The number of aromatic nitrogens is 1. The quantitative estimate of drug-likeness (QED) is 0.839. The summed E-state index contributed by atoms with van der Waals surface area (Å²) in [6, 6.07) is 9.15.